The zero-order chi connectivity index (χ0) is 26.5. The van der Waals surface area contributed by atoms with Crippen LogP contribution < -0.4 is 5.32 Å². The van der Waals surface area contributed by atoms with Gasteiger partial charge in [-0.2, -0.15) is 0 Å². The first kappa shape index (κ1) is 29.0. The third kappa shape index (κ3) is 7.15. The van der Waals surface area contributed by atoms with Crippen molar-refractivity contribution in [1.29, 1.82) is 0 Å². The molecule has 2 saturated heterocycles. The van der Waals surface area contributed by atoms with Gasteiger partial charge in [-0.1, -0.05) is 47.1 Å². The number of nitrogens with zero attached hydrogens (tertiary/aromatic N) is 3. The number of carbonyl (C=O) groups excluding carboxylic acids is 4. The Kier molecular flexibility index (Phi) is 10.1. The number of likely N-dealkylation sites (N-methyl/N-ethyl adjacent to an activating group) is 2. The molecular formula is C27H46N4O4. The average Bonchev–Trinajstić information content (AvgIpc) is 3.27. The van der Waals surface area contributed by atoms with Gasteiger partial charge in [-0.3, -0.25) is 19.3 Å². The van der Waals surface area contributed by atoms with Crippen LogP contribution in [0.3, 0.4) is 0 Å². The highest BCUT2D eigenvalue weighted by molar-refractivity contribution is 5.95. The van der Waals surface area contributed by atoms with Crippen LogP contribution in [0.5, 0.6) is 0 Å². The molecule has 2 aliphatic rings. The van der Waals surface area contributed by atoms with Gasteiger partial charge in [0, 0.05) is 19.2 Å². The Morgan fingerprint density at radius 2 is 1.71 bits per heavy atom. The van der Waals surface area contributed by atoms with E-state index >= 15 is 0 Å². The molecule has 2 heterocycles. The van der Waals surface area contributed by atoms with Crippen LogP contribution in [0.15, 0.2) is 11.6 Å². The Balaban J connectivity index is 2.24. The van der Waals surface area contributed by atoms with Crippen LogP contribution in [-0.2, 0) is 19.2 Å². The van der Waals surface area contributed by atoms with Gasteiger partial charge in [-0.25, -0.2) is 0 Å². The van der Waals surface area contributed by atoms with Gasteiger partial charge in [0.2, 0.25) is 17.7 Å². The first-order chi connectivity index (χ1) is 16.3. The highest BCUT2D eigenvalue weighted by atomic mass is 16.2. The zero-order valence-electron chi connectivity index (χ0n) is 23.0. The number of nitrogens with one attached hydrogen (secondary N) is 1. The second-order valence-electron chi connectivity index (χ2n) is 11.7. The van der Waals surface area contributed by atoms with E-state index < -0.39 is 11.5 Å². The summed E-state index contributed by atoms with van der Waals surface area (Å²) < 4.78 is 0. The van der Waals surface area contributed by atoms with E-state index in [1.54, 1.807) is 23.8 Å². The average molecular weight is 491 g/mol. The molecule has 8 nitrogen and oxygen atoms in total. The van der Waals surface area contributed by atoms with Gasteiger partial charge in [0.25, 0.3) is 0 Å². The van der Waals surface area contributed by atoms with E-state index in [0.29, 0.717) is 18.5 Å². The van der Waals surface area contributed by atoms with Crippen LogP contribution in [0.25, 0.3) is 0 Å². The Labute approximate surface area is 211 Å². The molecule has 3 amide bonds. The highest BCUT2D eigenvalue weighted by Gasteiger charge is 2.39. The van der Waals surface area contributed by atoms with E-state index in [0.717, 1.165) is 38.5 Å². The van der Waals surface area contributed by atoms with E-state index in [2.05, 4.69) is 10.2 Å². The molecular weight excluding hydrogens is 444 g/mol. The normalized spacial score (nSPS) is 23.7. The Bertz CT molecular complexity index is 816. The third-order valence-corrected chi connectivity index (χ3v) is 7.43. The molecule has 198 valence electrons. The van der Waals surface area contributed by atoms with Crippen molar-refractivity contribution >= 4 is 24.0 Å². The quantitative estimate of drug-likeness (QED) is 0.417. The van der Waals surface area contributed by atoms with Crippen LogP contribution in [0.2, 0.25) is 0 Å². The molecule has 3 unspecified atom stereocenters. The molecule has 2 rings (SSSR count). The summed E-state index contributed by atoms with van der Waals surface area (Å²) in [5, 5.41) is 3.06. The predicted molar refractivity (Wildman–Crippen MR) is 138 cm³/mol. The van der Waals surface area contributed by atoms with Crippen molar-refractivity contribution in [3.63, 3.8) is 0 Å². The zero-order valence-corrected chi connectivity index (χ0v) is 23.0. The monoisotopic (exact) mass is 490 g/mol. The molecule has 1 N–H and O–H groups in total. The number of amides is 3. The number of likely N-dealkylation sites (tertiary alicyclic amines) is 2. The maximum Gasteiger partial charge on any atom is 0.249 e. The predicted octanol–water partition coefficient (Wildman–Crippen LogP) is 2.62. The number of hydrogen-bond acceptors (Lipinski definition) is 5. The molecule has 0 aromatic heterocycles. The van der Waals surface area contributed by atoms with E-state index in [9.17, 15) is 19.2 Å². The molecule has 0 radical (unpaired) electrons. The third-order valence-electron chi connectivity index (χ3n) is 7.43. The van der Waals surface area contributed by atoms with Gasteiger partial charge in [-0.05, 0) is 57.5 Å². The Morgan fingerprint density at radius 3 is 2.26 bits per heavy atom. The van der Waals surface area contributed by atoms with Gasteiger partial charge in [0.1, 0.15) is 12.3 Å². The summed E-state index contributed by atoms with van der Waals surface area (Å²) in [6.07, 6.45) is 7.06. The summed E-state index contributed by atoms with van der Waals surface area (Å²) in [6, 6.07) is -1.62. The second-order valence-corrected chi connectivity index (χ2v) is 11.7. The van der Waals surface area contributed by atoms with Crippen LogP contribution in [0, 0.1) is 11.3 Å². The SMILES string of the molecule is C/C(=C\C(C(C)C)N(C)C(=O)C(NC(=O)C1CCCCN1C)C(C)(C)C)C(=O)N1CCC[C@H]1C=O. The van der Waals surface area contributed by atoms with Gasteiger partial charge in [0.15, 0.2) is 0 Å². The summed E-state index contributed by atoms with van der Waals surface area (Å²) in [6.45, 7) is 13.1. The van der Waals surface area contributed by atoms with Crippen molar-refractivity contribution in [3.05, 3.63) is 11.6 Å². The molecule has 2 aliphatic heterocycles. The van der Waals surface area contributed by atoms with Crippen LogP contribution in [-0.4, -0.2) is 90.1 Å². The highest BCUT2D eigenvalue weighted by Crippen LogP contribution is 2.25. The van der Waals surface area contributed by atoms with Gasteiger partial charge < -0.3 is 19.9 Å². The summed E-state index contributed by atoms with van der Waals surface area (Å²) in [4.78, 5) is 56.7. The minimum Gasteiger partial charge on any atom is -0.342 e. The first-order valence-electron chi connectivity index (χ1n) is 13.0. The maximum atomic E-state index is 13.8. The molecule has 0 aromatic carbocycles. The standard InChI is InChI=1S/C27H46N4O4/c1-18(2)22(16-19(3)25(34)31-15-11-12-20(31)17-32)30(8)26(35)23(27(4,5)6)28-24(33)21-13-9-10-14-29(21)7/h16-18,20-23H,9-15H2,1-8H3,(H,28,33)/b19-16+/t20-,21?,22?,23?/m0/s1. The lowest BCUT2D eigenvalue weighted by Gasteiger charge is -2.39. The minimum atomic E-state index is -0.695. The Hall–Kier alpha value is -2.22. The fourth-order valence-electron chi connectivity index (χ4n) is 5.14. The van der Waals surface area contributed by atoms with Crippen molar-refractivity contribution in [2.24, 2.45) is 11.3 Å². The summed E-state index contributed by atoms with van der Waals surface area (Å²) in [7, 11) is 3.70. The fraction of sp³-hybridized carbons (Fsp3) is 0.778. The molecule has 4 atom stereocenters. The molecule has 0 aliphatic carbocycles. The van der Waals surface area contributed by atoms with E-state index in [1.807, 2.05) is 47.7 Å². The molecule has 0 saturated carbocycles. The number of rotatable bonds is 8. The van der Waals surface area contributed by atoms with Crippen molar-refractivity contribution in [2.75, 3.05) is 27.2 Å². The molecule has 0 bridgehead atoms. The Morgan fingerprint density at radius 1 is 1.06 bits per heavy atom. The molecule has 35 heavy (non-hydrogen) atoms. The van der Waals surface area contributed by atoms with Crippen LogP contribution >= 0.6 is 0 Å². The van der Waals surface area contributed by atoms with Gasteiger partial charge >= 0.3 is 0 Å². The molecule has 0 spiro atoms. The van der Waals surface area contributed by atoms with Crippen LogP contribution in [0.4, 0.5) is 0 Å². The first-order valence-corrected chi connectivity index (χ1v) is 13.0. The second kappa shape index (κ2) is 12.2. The van der Waals surface area contributed by atoms with Crippen molar-refractivity contribution in [2.45, 2.75) is 97.8 Å². The molecule has 0 aromatic rings. The van der Waals surface area contributed by atoms with Crippen molar-refractivity contribution < 1.29 is 19.2 Å². The maximum absolute atomic E-state index is 13.8. The number of carbonyl (C=O) groups is 4. The fourth-order valence-corrected chi connectivity index (χ4v) is 5.14. The molecule has 8 heteroatoms. The van der Waals surface area contributed by atoms with Gasteiger partial charge in [-0.15, -0.1) is 0 Å². The molecule has 2 fully saturated rings. The smallest absolute Gasteiger partial charge is 0.249 e. The van der Waals surface area contributed by atoms with E-state index in [4.69, 9.17) is 0 Å². The lowest BCUT2D eigenvalue weighted by molar-refractivity contribution is -0.141. The summed E-state index contributed by atoms with van der Waals surface area (Å²) in [5.74, 6) is -0.391. The largest absolute Gasteiger partial charge is 0.342 e. The summed E-state index contributed by atoms with van der Waals surface area (Å²) >= 11 is 0. The van der Waals surface area contributed by atoms with E-state index in [-0.39, 0.29) is 41.8 Å². The number of hydrogen-bond donors (Lipinski definition) is 1. The lowest BCUT2D eigenvalue weighted by Crippen LogP contribution is -2.59. The number of aldehydes is 1. The van der Waals surface area contributed by atoms with Crippen molar-refractivity contribution in [3.8, 4) is 0 Å². The van der Waals surface area contributed by atoms with E-state index in [1.165, 1.54) is 0 Å². The summed E-state index contributed by atoms with van der Waals surface area (Å²) in [5.41, 5.74) is 0.0362. The van der Waals surface area contributed by atoms with Gasteiger partial charge in [0.05, 0.1) is 18.1 Å². The van der Waals surface area contributed by atoms with Crippen LogP contribution in [0.1, 0.15) is 73.6 Å². The lowest BCUT2D eigenvalue weighted by atomic mass is 9.84. The van der Waals surface area contributed by atoms with Crippen molar-refractivity contribution in [1.82, 2.24) is 20.0 Å². The topological polar surface area (TPSA) is 90.0 Å². The number of piperidine rings is 1. The minimum absolute atomic E-state index is 0.0490.